The van der Waals surface area contributed by atoms with Crippen LogP contribution in [-0.4, -0.2) is 23.5 Å². The number of amides is 1. The number of hydrogen-bond acceptors (Lipinski definition) is 5. The lowest BCUT2D eigenvalue weighted by atomic mass is 9.83. The number of esters is 1. The molecule has 0 aliphatic heterocycles. The van der Waals surface area contributed by atoms with Crippen molar-refractivity contribution in [2.24, 2.45) is 0 Å². The Morgan fingerprint density at radius 1 is 1.03 bits per heavy atom. The van der Waals surface area contributed by atoms with Crippen molar-refractivity contribution < 1.29 is 19.1 Å². The molecule has 1 N–H and O–H groups in total. The van der Waals surface area contributed by atoms with E-state index in [4.69, 9.17) is 9.47 Å². The minimum atomic E-state index is -1.03. The van der Waals surface area contributed by atoms with E-state index in [-0.39, 0.29) is 5.56 Å². The molecule has 0 radical (unpaired) electrons. The van der Waals surface area contributed by atoms with Gasteiger partial charge in [-0.2, -0.15) is 5.26 Å². The van der Waals surface area contributed by atoms with Gasteiger partial charge in [-0.15, -0.1) is 0 Å². The molecule has 2 aromatic rings. The maximum atomic E-state index is 12.7. The van der Waals surface area contributed by atoms with Crippen LogP contribution in [0.4, 0.5) is 0 Å². The van der Waals surface area contributed by atoms with Crippen LogP contribution in [0.5, 0.6) is 11.5 Å². The second kappa shape index (κ2) is 9.24. The highest BCUT2D eigenvalue weighted by Crippen LogP contribution is 2.28. The molecule has 0 spiro atoms. The van der Waals surface area contributed by atoms with E-state index in [1.165, 1.54) is 6.92 Å². The Kier molecular flexibility index (Phi) is 6.50. The first-order valence-electron chi connectivity index (χ1n) is 9.79. The number of para-hydroxylation sites is 2. The summed E-state index contributed by atoms with van der Waals surface area (Å²) in [4.78, 5) is 25.2. The Labute approximate surface area is 170 Å². The first-order valence-corrected chi connectivity index (χ1v) is 9.79. The molecule has 1 fully saturated rings. The molecule has 6 heteroatoms. The lowest BCUT2D eigenvalue weighted by molar-refractivity contribution is -0.130. The van der Waals surface area contributed by atoms with Crippen LogP contribution in [0.3, 0.4) is 0 Å². The minimum Gasteiger partial charge on any atom is -0.456 e. The van der Waals surface area contributed by atoms with Crippen LogP contribution in [0.15, 0.2) is 54.6 Å². The monoisotopic (exact) mass is 392 g/mol. The van der Waals surface area contributed by atoms with E-state index in [1.54, 1.807) is 36.4 Å². The molecule has 1 amide bonds. The summed E-state index contributed by atoms with van der Waals surface area (Å²) in [5.74, 6) is -0.194. The Balaban J connectivity index is 1.67. The van der Waals surface area contributed by atoms with Gasteiger partial charge in [-0.05, 0) is 44.0 Å². The standard InChI is InChI=1S/C23H24N2O4/c1-17(21(26)25-23(16-24)14-8-3-9-15-23)28-22(27)19-12-6-7-13-20(19)29-18-10-4-2-5-11-18/h2,4-7,10-13,17H,3,8-9,14-15H2,1H3,(H,25,26)/t17-/m0/s1. The lowest BCUT2D eigenvalue weighted by Crippen LogP contribution is -2.52. The van der Waals surface area contributed by atoms with Gasteiger partial charge in [0.1, 0.15) is 22.6 Å². The third-order valence-corrected chi connectivity index (χ3v) is 5.01. The van der Waals surface area contributed by atoms with Gasteiger partial charge in [0, 0.05) is 0 Å². The topological polar surface area (TPSA) is 88.4 Å². The predicted molar refractivity (Wildman–Crippen MR) is 107 cm³/mol. The lowest BCUT2D eigenvalue weighted by Gasteiger charge is -2.32. The van der Waals surface area contributed by atoms with Crippen molar-refractivity contribution in [1.82, 2.24) is 5.32 Å². The van der Waals surface area contributed by atoms with E-state index in [0.29, 0.717) is 24.3 Å². The molecule has 1 aliphatic carbocycles. The van der Waals surface area contributed by atoms with Crippen molar-refractivity contribution in [2.45, 2.75) is 50.7 Å². The van der Waals surface area contributed by atoms with Gasteiger partial charge < -0.3 is 14.8 Å². The maximum absolute atomic E-state index is 12.7. The zero-order chi connectivity index (χ0) is 20.7. The summed E-state index contributed by atoms with van der Waals surface area (Å²) in [7, 11) is 0. The Morgan fingerprint density at radius 2 is 1.69 bits per heavy atom. The second-order valence-corrected chi connectivity index (χ2v) is 7.20. The largest absolute Gasteiger partial charge is 0.456 e. The molecule has 3 rings (SSSR count). The van der Waals surface area contributed by atoms with Gasteiger partial charge >= 0.3 is 5.97 Å². The van der Waals surface area contributed by atoms with Crippen LogP contribution in [0.25, 0.3) is 0 Å². The Bertz CT molecular complexity index is 899. The number of nitriles is 1. The molecule has 1 aliphatic rings. The second-order valence-electron chi connectivity index (χ2n) is 7.20. The summed E-state index contributed by atoms with van der Waals surface area (Å²) in [5, 5.41) is 12.3. The molecular weight excluding hydrogens is 368 g/mol. The van der Waals surface area contributed by atoms with Crippen LogP contribution in [-0.2, 0) is 9.53 Å². The Morgan fingerprint density at radius 3 is 2.38 bits per heavy atom. The normalized spacial score (nSPS) is 16.1. The van der Waals surface area contributed by atoms with Crippen molar-refractivity contribution in [2.75, 3.05) is 0 Å². The third kappa shape index (κ3) is 5.14. The molecule has 2 aromatic carbocycles. The van der Waals surface area contributed by atoms with Crippen LogP contribution in [0.2, 0.25) is 0 Å². The summed E-state index contributed by atoms with van der Waals surface area (Å²) in [5.41, 5.74) is -0.645. The van der Waals surface area contributed by atoms with E-state index < -0.39 is 23.5 Å². The zero-order valence-corrected chi connectivity index (χ0v) is 16.4. The molecule has 0 saturated heterocycles. The minimum absolute atomic E-state index is 0.226. The van der Waals surface area contributed by atoms with Crippen LogP contribution < -0.4 is 10.1 Å². The van der Waals surface area contributed by atoms with Crippen molar-refractivity contribution in [3.05, 3.63) is 60.2 Å². The van der Waals surface area contributed by atoms with Crippen LogP contribution in [0.1, 0.15) is 49.4 Å². The molecule has 29 heavy (non-hydrogen) atoms. The Hall–Kier alpha value is -3.33. The third-order valence-electron chi connectivity index (χ3n) is 5.01. The van der Waals surface area contributed by atoms with Gasteiger partial charge in [0.2, 0.25) is 0 Å². The number of nitrogens with one attached hydrogen (secondary N) is 1. The quantitative estimate of drug-likeness (QED) is 0.738. The molecule has 0 aromatic heterocycles. The highest BCUT2D eigenvalue weighted by molar-refractivity contribution is 5.94. The number of ether oxygens (including phenoxy) is 2. The van der Waals surface area contributed by atoms with Crippen molar-refractivity contribution >= 4 is 11.9 Å². The number of nitrogens with zero attached hydrogens (tertiary/aromatic N) is 1. The zero-order valence-electron chi connectivity index (χ0n) is 16.4. The number of carbonyl (C=O) groups is 2. The summed E-state index contributed by atoms with van der Waals surface area (Å²) in [6, 6.07) is 18.0. The molecule has 0 heterocycles. The van der Waals surface area contributed by atoms with Crippen molar-refractivity contribution in [3.63, 3.8) is 0 Å². The number of benzene rings is 2. The molecule has 0 unspecified atom stereocenters. The first-order chi connectivity index (χ1) is 14.0. The molecule has 0 bridgehead atoms. The fourth-order valence-corrected chi connectivity index (χ4v) is 3.37. The highest BCUT2D eigenvalue weighted by atomic mass is 16.5. The average molecular weight is 392 g/mol. The van der Waals surface area contributed by atoms with Gasteiger partial charge in [0.05, 0.1) is 6.07 Å². The van der Waals surface area contributed by atoms with Gasteiger partial charge in [-0.25, -0.2) is 4.79 Å². The van der Waals surface area contributed by atoms with E-state index in [9.17, 15) is 14.9 Å². The average Bonchev–Trinajstić information content (AvgIpc) is 2.75. The molecule has 150 valence electrons. The smallest absolute Gasteiger partial charge is 0.342 e. The van der Waals surface area contributed by atoms with Crippen LogP contribution in [0, 0.1) is 11.3 Å². The van der Waals surface area contributed by atoms with E-state index in [0.717, 1.165) is 19.3 Å². The SMILES string of the molecule is C[C@H](OC(=O)c1ccccc1Oc1ccccc1)C(=O)NC1(C#N)CCCCC1. The number of carbonyl (C=O) groups excluding carboxylic acids is 2. The van der Waals surface area contributed by atoms with Gasteiger partial charge in [0.25, 0.3) is 5.91 Å². The van der Waals surface area contributed by atoms with Gasteiger partial charge in [0.15, 0.2) is 6.10 Å². The molecule has 6 nitrogen and oxygen atoms in total. The fraction of sp³-hybridized carbons (Fsp3) is 0.348. The molecule has 1 saturated carbocycles. The molecule has 1 atom stereocenters. The summed E-state index contributed by atoms with van der Waals surface area (Å²) in [6.45, 7) is 1.50. The van der Waals surface area contributed by atoms with Gasteiger partial charge in [-0.1, -0.05) is 49.6 Å². The van der Waals surface area contributed by atoms with E-state index in [2.05, 4.69) is 11.4 Å². The predicted octanol–water partition coefficient (Wildman–Crippen LogP) is 4.37. The highest BCUT2D eigenvalue weighted by Gasteiger charge is 2.35. The molecular formula is C23H24N2O4. The van der Waals surface area contributed by atoms with Crippen molar-refractivity contribution in [1.29, 1.82) is 5.26 Å². The van der Waals surface area contributed by atoms with Crippen LogP contribution >= 0.6 is 0 Å². The summed E-state index contributed by atoms with van der Waals surface area (Å²) in [6.07, 6.45) is 3.05. The van der Waals surface area contributed by atoms with E-state index in [1.807, 2.05) is 18.2 Å². The van der Waals surface area contributed by atoms with Gasteiger partial charge in [-0.3, -0.25) is 4.79 Å². The fourth-order valence-electron chi connectivity index (χ4n) is 3.37. The van der Waals surface area contributed by atoms with Crippen molar-refractivity contribution in [3.8, 4) is 17.6 Å². The maximum Gasteiger partial charge on any atom is 0.342 e. The van der Waals surface area contributed by atoms with E-state index >= 15 is 0 Å². The first kappa shape index (κ1) is 20.4. The summed E-state index contributed by atoms with van der Waals surface area (Å²) >= 11 is 0. The summed E-state index contributed by atoms with van der Waals surface area (Å²) < 4.78 is 11.2. The number of rotatable bonds is 6. The number of hydrogen-bond donors (Lipinski definition) is 1.